The van der Waals surface area contributed by atoms with Crippen molar-refractivity contribution in [3.63, 3.8) is 0 Å². The first kappa shape index (κ1) is 23.4. The van der Waals surface area contributed by atoms with E-state index >= 15 is 0 Å². The fraction of sp³-hybridized carbons (Fsp3) is 0.0769. The zero-order chi connectivity index (χ0) is 28.0. The Hall–Kier alpha value is -5.28. The molecule has 0 atom stereocenters. The van der Waals surface area contributed by atoms with Gasteiger partial charge in [0.05, 0.1) is 27.8 Å². The number of hydrogen-bond acceptors (Lipinski definition) is 2. The van der Waals surface area contributed by atoms with Crippen LogP contribution in [0.4, 0.5) is 0 Å². The molecule has 0 saturated heterocycles. The van der Waals surface area contributed by atoms with Crippen LogP contribution in [-0.4, -0.2) is 14.5 Å². The van der Waals surface area contributed by atoms with Crippen LogP contribution in [0.15, 0.2) is 128 Å². The van der Waals surface area contributed by atoms with Gasteiger partial charge in [-0.3, -0.25) is 4.98 Å². The molecule has 0 amide bonds. The number of hydrogen-bond donors (Lipinski definition) is 0. The van der Waals surface area contributed by atoms with Gasteiger partial charge in [0.15, 0.2) is 0 Å². The van der Waals surface area contributed by atoms with Gasteiger partial charge in [-0.05, 0) is 64.7 Å². The lowest BCUT2D eigenvalue weighted by Gasteiger charge is -2.21. The van der Waals surface area contributed by atoms with Crippen LogP contribution in [-0.2, 0) is 5.41 Å². The third-order valence-electron chi connectivity index (χ3n) is 9.23. The number of fused-ring (bicyclic) bond motifs is 9. The highest BCUT2D eigenvalue weighted by atomic mass is 15.0. The minimum Gasteiger partial charge on any atom is -0.309 e. The summed E-state index contributed by atoms with van der Waals surface area (Å²) in [6, 6.07) is 43.9. The van der Waals surface area contributed by atoms with Gasteiger partial charge in [0.2, 0.25) is 0 Å². The lowest BCUT2D eigenvalue weighted by atomic mass is 9.82. The Morgan fingerprint density at radius 3 is 2.21 bits per heavy atom. The molecule has 3 heteroatoms. The summed E-state index contributed by atoms with van der Waals surface area (Å²) < 4.78 is 2.42. The molecule has 0 saturated carbocycles. The molecule has 9 rings (SSSR count). The van der Waals surface area contributed by atoms with E-state index in [9.17, 15) is 0 Å². The Bertz CT molecular complexity index is 2380. The van der Waals surface area contributed by atoms with Crippen molar-refractivity contribution >= 4 is 43.6 Å². The van der Waals surface area contributed by atoms with Crippen molar-refractivity contribution in [3.8, 4) is 28.1 Å². The molecule has 3 aromatic heterocycles. The quantitative estimate of drug-likeness (QED) is 0.205. The molecular formula is C39H27N3. The van der Waals surface area contributed by atoms with Gasteiger partial charge in [0.1, 0.15) is 0 Å². The fourth-order valence-electron chi connectivity index (χ4n) is 7.11. The molecule has 0 radical (unpaired) electrons. The Balaban J connectivity index is 1.22. The molecule has 3 nitrogen and oxygen atoms in total. The van der Waals surface area contributed by atoms with Gasteiger partial charge in [0.25, 0.3) is 0 Å². The average molecular weight is 538 g/mol. The van der Waals surface area contributed by atoms with Gasteiger partial charge in [-0.1, -0.05) is 92.7 Å². The first-order valence-electron chi connectivity index (χ1n) is 14.5. The maximum Gasteiger partial charge on any atom is 0.0972 e. The predicted molar refractivity (Wildman–Crippen MR) is 174 cm³/mol. The highest BCUT2D eigenvalue weighted by Crippen LogP contribution is 2.50. The van der Waals surface area contributed by atoms with E-state index in [0.29, 0.717) is 0 Å². The van der Waals surface area contributed by atoms with Gasteiger partial charge in [-0.2, -0.15) is 0 Å². The normalized spacial score (nSPS) is 13.7. The molecule has 42 heavy (non-hydrogen) atoms. The van der Waals surface area contributed by atoms with E-state index < -0.39 is 0 Å². The molecular weight excluding hydrogens is 510 g/mol. The maximum absolute atomic E-state index is 5.07. The predicted octanol–water partition coefficient (Wildman–Crippen LogP) is 9.85. The van der Waals surface area contributed by atoms with E-state index in [1.165, 1.54) is 44.1 Å². The average Bonchev–Trinajstić information content (AvgIpc) is 3.48. The number of aromatic nitrogens is 3. The molecule has 0 fully saturated rings. The van der Waals surface area contributed by atoms with Gasteiger partial charge in [0, 0.05) is 44.4 Å². The number of pyridine rings is 2. The molecule has 0 spiro atoms. The molecule has 1 aliphatic rings. The molecule has 5 aromatic carbocycles. The molecule has 8 aromatic rings. The Kier molecular flexibility index (Phi) is 4.67. The molecule has 0 N–H and O–H groups in total. The van der Waals surface area contributed by atoms with Gasteiger partial charge >= 0.3 is 0 Å². The van der Waals surface area contributed by atoms with E-state index in [2.05, 4.69) is 139 Å². The monoisotopic (exact) mass is 537 g/mol. The summed E-state index contributed by atoms with van der Waals surface area (Å²) in [4.78, 5) is 9.70. The third-order valence-corrected chi connectivity index (χ3v) is 9.23. The van der Waals surface area contributed by atoms with E-state index in [1.54, 1.807) is 0 Å². The molecule has 0 bridgehead atoms. The highest BCUT2D eigenvalue weighted by Gasteiger charge is 2.36. The lowest BCUT2D eigenvalue weighted by Crippen LogP contribution is -2.14. The van der Waals surface area contributed by atoms with Crippen LogP contribution in [0, 0.1) is 0 Å². The summed E-state index contributed by atoms with van der Waals surface area (Å²) >= 11 is 0. The SMILES string of the molecule is CC1(C)c2ccccc2-c2cc3c4ccccc4n(-c4ccc(-c5ccc6ccc7cccnc7c6n5)cc4)c3cc21. The smallest absolute Gasteiger partial charge is 0.0972 e. The number of nitrogens with zero attached hydrogens (tertiary/aromatic N) is 3. The van der Waals surface area contributed by atoms with Gasteiger partial charge in [-0.15, -0.1) is 0 Å². The zero-order valence-corrected chi connectivity index (χ0v) is 23.5. The standard InChI is InChI=1S/C39H27N3/c1-39(2)32-11-5-3-9-28(32)30-22-31-29-10-4-6-12-35(29)42(36(31)23-33(30)39)27-18-15-24(16-19-27)34-20-17-26-14-13-25-8-7-21-40-37(25)38(26)41-34/h3-23H,1-2H3. The van der Waals surface area contributed by atoms with Crippen molar-refractivity contribution in [1.29, 1.82) is 0 Å². The summed E-state index contributed by atoms with van der Waals surface area (Å²) in [5.74, 6) is 0. The summed E-state index contributed by atoms with van der Waals surface area (Å²) in [5, 5.41) is 4.77. The van der Waals surface area contributed by atoms with Gasteiger partial charge < -0.3 is 4.57 Å². The van der Waals surface area contributed by atoms with Crippen LogP contribution in [0.1, 0.15) is 25.0 Å². The van der Waals surface area contributed by atoms with E-state index in [4.69, 9.17) is 4.98 Å². The van der Waals surface area contributed by atoms with Crippen LogP contribution in [0.3, 0.4) is 0 Å². The molecule has 0 unspecified atom stereocenters. The van der Waals surface area contributed by atoms with Crippen molar-refractivity contribution in [2.24, 2.45) is 0 Å². The van der Waals surface area contributed by atoms with Crippen LogP contribution in [0.25, 0.3) is 71.7 Å². The third kappa shape index (κ3) is 3.16. The van der Waals surface area contributed by atoms with E-state index in [1.807, 2.05) is 12.3 Å². The molecule has 3 heterocycles. The molecule has 1 aliphatic carbocycles. The second kappa shape index (κ2) is 8.37. The topological polar surface area (TPSA) is 30.7 Å². The first-order chi connectivity index (χ1) is 20.6. The lowest BCUT2D eigenvalue weighted by molar-refractivity contribution is 0.661. The maximum atomic E-state index is 5.07. The number of benzene rings is 5. The summed E-state index contributed by atoms with van der Waals surface area (Å²) in [7, 11) is 0. The number of para-hydroxylation sites is 1. The van der Waals surface area contributed by atoms with E-state index in [0.717, 1.165) is 38.8 Å². The zero-order valence-electron chi connectivity index (χ0n) is 23.5. The van der Waals surface area contributed by atoms with Crippen LogP contribution < -0.4 is 0 Å². The molecule has 0 aliphatic heterocycles. The van der Waals surface area contributed by atoms with Gasteiger partial charge in [-0.25, -0.2) is 4.98 Å². The van der Waals surface area contributed by atoms with Crippen molar-refractivity contribution in [1.82, 2.24) is 14.5 Å². The van der Waals surface area contributed by atoms with Crippen molar-refractivity contribution in [2.45, 2.75) is 19.3 Å². The largest absolute Gasteiger partial charge is 0.309 e. The Labute approximate surface area is 243 Å². The minimum atomic E-state index is -0.0496. The van der Waals surface area contributed by atoms with Crippen LogP contribution in [0.5, 0.6) is 0 Å². The summed E-state index contributed by atoms with van der Waals surface area (Å²) in [5.41, 5.74) is 13.0. The fourth-order valence-corrected chi connectivity index (χ4v) is 7.11. The Morgan fingerprint density at radius 2 is 1.33 bits per heavy atom. The Morgan fingerprint density at radius 1 is 0.571 bits per heavy atom. The number of rotatable bonds is 2. The second-order valence-corrected chi connectivity index (χ2v) is 11.9. The molecule has 198 valence electrons. The van der Waals surface area contributed by atoms with Crippen LogP contribution >= 0.6 is 0 Å². The van der Waals surface area contributed by atoms with Crippen molar-refractivity contribution in [3.05, 3.63) is 139 Å². The second-order valence-electron chi connectivity index (χ2n) is 11.9. The highest BCUT2D eigenvalue weighted by molar-refractivity contribution is 6.11. The van der Waals surface area contributed by atoms with Crippen molar-refractivity contribution in [2.75, 3.05) is 0 Å². The summed E-state index contributed by atoms with van der Waals surface area (Å²) in [6.45, 7) is 4.70. The first-order valence-corrected chi connectivity index (χ1v) is 14.5. The minimum absolute atomic E-state index is 0.0496. The van der Waals surface area contributed by atoms with E-state index in [-0.39, 0.29) is 5.41 Å². The summed E-state index contributed by atoms with van der Waals surface area (Å²) in [6.07, 6.45) is 1.84. The van der Waals surface area contributed by atoms with Crippen molar-refractivity contribution < 1.29 is 0 Å². The van der Waals surface area contributed by atoms with Crippen LogP contribution in [0.2, 0.25) is 0 Å².